The van der Waals surface area contributed by atoms with Gasteiger partial charge in [0.15, 0.2) is 0 Å². The minimum atomic E-state index is -3.63. The highest BCUT2D eigenvalue weighted by molar-refractivity contribution is 7.99. The molecule has 1 aromatic rings. The number of amides is 1. The SMILES string of the molecule is CCOc1ccc(NC(=O)C2CSCN2)cc1S(=O)(=O)N1CCCC1. The van der Waals surface area contributed by atoms with Gasteiger partial charge in [-0.1, -0.05) is 0 Å². The molecule has 25 heavy (non-hydrogen) atoms. The number of hydrogen-bond acceptors (Lipinski definition) is 6. The van der Waals surface area contributed by atoms with E-state index < -0.39 is 10.0 Å². The van der Waals surface area contributed by atoms with E-state index in [2.05, 4.69) is 10.6 Å². The van der Waals surface area contributed by atoms with Crippen LogP contribution in [0.25, 0.3) is 0 Å². The Kier molecular flexibility index (Phi) is 5.88. The summed E-state index contributed by atoms with van der Waals surface area (Å²) in [4.78, 5) is 12.4. The van der Waals surface area contributed by atoms with E-state index in [1.165, 1.54) is 10.4 Å². The minimum absolute atomic E-state index is 0.114. The highest BCUT2D eigenvalue weighted by Crippen LogP contribution is 2.31. The van der Waals surface area contributed by atoms with Crippen LogP contribution in [0.15, 0.2) is 23.1 Å². The standard InChI is InChI=1S/C16H23N3O4S2/c1-2-23-14-6-5-12(18-16(20)13-10-24-11-17-13)9-15(14)25(21,22)19-7-3-4-8-19/h5-6,9,13,17H,2-4,7-8,10-11H2,1H3,(H,18,20). The number of sulfonamides is 1. The van der Waals surface area contributed by atoms with E-state index in [0.717, 1.165) is 18.7 Å². The fourth-order valence-corrected chi connectivity index (χ4v) is 5.54. The van der Waals surface area contributed by atoms with E-state index >= 15 is 0 Å². The first kappa shape index (κ1) is 18.5. The van der Waals surface area contributed by atoms with Crippen LogP contribution in [0, 0.1) is 0 Å². The molecular formula is C16H23N3O4S2. The zero-order valence-corrected chi connectivity index (χ0v) is 15.8. The van der Waals surface area contributed by atoms with E-state index in [1.807, 2.05) is 6.92 Å². The van der Waals surface area contributed by atoms with Gasteiger partial charge >= 0.3 is 0 Å². The van der Waals surface area contributed by atoms with Crippen LogP contribution in [0.1, 0.15) is 19.8 Å². The summed E-state index contributed by atoms with van der Waals surface area (Å²) in [6, 6.07) is 4.53. The lowest BCUT2D eigenvalue weighted by Crippen LogP contribution is -2.37. The Morgan fingerprint density at radius 1 is 1.40 bits per heavy atom. The van der Waals surface area contributed by atoms with E-state index in [4.69, 9.17) is 4.74 Å². The molecule has 7 nitrogen and oxygen atoms in total. The fraction of sp³-hybridized carbons (Fsp3) is 0.562. The number of hydrogen-bond donors (Lipinski definition) is 2. The number of carbonyl (C=O) groups is 1. The molecule has 0 aromatic heterocycles. The molecule has 2 N–H and O–H groups in total. The molecule has 1 atom stereocenters. The van der Waals surface area contributed by atoms with Crippen molar-refractivity contribution in [2.24, 2.45) is 0 Å². The number of ether oxygens (including phenoxy) is 1. The molecule has 2 aliphatic heterocycles. The Bertz CT molecular complexity index is 727. The van der Waals surface area contributed by atoms with Crippen LogP contribution in [0.4, 0.5) is 5.69 Å². The van der Waals surface area contributed by atoms with Gasteiger partial charge in [0.1, 0.15) is 10.6 Å². The Morgan fingerprint density at radius 3 is 2.80 bits per heavy atom. The molecule has 2 fully saturated rings. The van der Waals surface area contributed by atoms with Gasteiger partial charge in [-0.25, -0.2) is 8.42 Å². The van der Waals surface area contributed by atoms with Gasteiger partial charge in [0, 0.05) is 30.4 Å². The number of nitrogens with zero attached hydrogens (tertiary/aromatic N) is 1. The van der Waals surface area contributed by atoms with Crippen molar-refractivity contribution in [1.29, 1.82) is 0 Å². The van der Waals surface area contributed by atoms with Gasteiger partial charge < -0.3 is 10.1 Å². The molecular weight excluding hydrogens is 362 g/mol. The van der Waals surface area contributed by atoms with Crippen LogP contribution in [0.2, 0.25) is 0 Å². The molecule has 0 bridgehead atoms. The molecule has 0 aliphatic carbocycles. The van der Waals surface area contributed by atoms with E-state index in [0.29, 0.717) is 36.9 Å². The van der Waals surface area contributed by atoms with Crippen molar-refractivity contribution in [2.75, 3.05) is 36.6 Å². The summed E-state index contributed by atoms with van der Waals surface area (Å²) in [5.41, 5.74) is 0.463. The Hall–Kier alpha value is -1.29. The van der Waals surface area contributed by atoms with Crippen LogP contribution >= 0.6 is 11.8 Å². The van der Waals surface area contributed by atoms with E-state index in [1.54, 1.807) is 23.9 Å². The normalized spacial score (nSPS) is 21.4. The highest BCUT2D eigenvalue weighted by atomic mass is 32.2. The van der Waals surface area contributed by atoms with Crippen LogP contribution in [0.3, 0.4) is 0 Å². The first-order chi connectivity index (χ1) is 12.0. The summed E-state index contributed by atoms with van der Waals surface area (Å²) >= 11 is 1.66. The molecule has 3 rings (SSSR count). The second-order valence-corrected chi connectivity index (χ2v) is 8.90. The molecule has 138 valence electrons. The van der Waals surface area contributed by atoms with Crippen LogP contribution in [0.5, 0.6) is 5.75 Å². The Labute approximate surface area is 152 Å². The molecule has 0 spiro atoms. The van der Waals surface area contributed by atoms with E-state index in [9.17, 15) is 13.2 Å². The minimum Gasteiger partial charge on any atom is -0.492 e. The zero-order chi connectivity index (χ0) is 17.9. The zero-order valence-electron chi connectivity index (χ0n) is 14.2. The van der Waals surface area contributed by atoms with Crippen LogP contribution in [-0.4, -0.2) is 56.0 Å². The van der Waals surface area contributed by atoms with Crippen molar-refractivity contribution in [2.45, 2.75) is 30.7 Å². The quantitative estimate of drug-likeness (QED) is 0.771. The topological polar surface area (TPSA) is 87.7 Å². The third kappa shape index (κ3) is 4.11. The van der Waals surface area contributed by atoms with Crippen molar-refractivity contribution in [3.63, 3.8) is 0 Å². The summed E-state index contributed by atoms with van der Waals surface area (Å²) in [6.07, 6.45) is 1.73. The van der Waals surface area contributed by atoms with Crippen molar-refractivity contribution < 1.29 is 17.9 Å². The maximum atomic E-state index is 12.9. The van der Waals surface area contributed by atoms with Gasteiger partial charge in [0.2, 0.25) is 15.9 Å². The van der Waals surface area contributed by atoms with E-state index in [-0.39, 0.29) is 16.8 Å². The maximum Gasteiger partial charge on any atom is 0.246 e. The number of thioether (sulfide) groups is 1. The average Bonchev–Trinajstić information content (AvgIpc) is 3.30. The monoisotopic (exact) mass is 385 g/mol. The number of anilines is 1. The summed E-state index contributed by atoms with van der Waals surface area (Å²) in [6.45, 7) is 3.23. The average molecular weight is 386 g/mol. The summed E-state index contributed by atoms with van der Waals surface area (Å²) < 4.78 is 32.9. The van der Waals surface area contributed by atoms with Gasteiger partial charge in [-0.15, -0.1) is 11.8 Å². The number of nitrogens with one attached hydrogen (secondary N) is 2. The molecule has 2 heterocycles. The number of benzene rings is 1. The maximum absolute atomic E-state index is 12.9. The molecule has 0 saturated carbocycles. The highest BCUT2D eigenvalue weighted by Gasteiger charge is 2.31. The number of rotatable bonds is 6. The first-order valence-electron chi connectivity index (χ1n) is 8.41. The Morgan fingerprint density at radius 2 is 2.16 bits per heavy atom. The van der Waals surface area contributed by atoms with Crippen LogP contribution < -0.4 is 15.4 Å². The largest absolute Gasteiger partial charge is 0.492 e. The second kappa shape index (κ2) is 7.94. The van der Waals surface area contributed by atoms with Gasteiger partial charge in [-0.2, -0.15) is 4.31 Å². The third-order valence-corrected chi connectivity index (χ3v) is 7.09. The molecule has 0 radical (unpaired) electrons. The fourth-order valence-electron chi connectivity index (χ4n) is 2.92. The van der Waals surface area contributed by atoms with Gasteiger partial charge in [-0.05, 0) is 38.0 Å². The summed E-state index contributed by atoms with van der Waals surface area (Å²) in [5.74, 6) is 1.62. The Balaban J connectivity index is 1.87. The van der Waals surface area contributed by atoms with Crippen molar-refractivity contribution in [1.82, 2.24) is 9.62 Å². The predicted octanol–water partition coefficient (Wildman–Crippen LogP) is 1.47. The molecule has 2 saturated heterocycles. The molecule has 2 aliphatic rings. The predicted molar refractivity (Wildman–Crippen MR) is 98.5 cm³/mol. The van der Waals surface area contributed by atoms with Gasteiger partial charge in [0.05, 0.1) is 12.6 Å². The smallest absolute Gasteiger partial charge is 0.246 e. The lowest BCUT2D eigenvalue weighted by Gasteiger charge is -2.19. The van der Waals surface area contributed by atoms with Crippen molar-refractivity contribution in [3.05, 3.63) is 18.2 Å². The lowest BCUT2D eigenvalue weighted by atomic mass is 10.2. The van der Waals surface area contributed by atoms with Gasteiger partial charge in [-0.3, -0.25) is 10.1 Å². The summed E-state index contributed by atoms with van der Waals surface area (Å²) in [7, 11) is -3.63. The molecule has 1 amide bonds. The third-order valence-electron chi connectivity index (χ3n) is 4.23. The van der Waals surface area contributed by atoms with Crippen molar-refractivity contribution in [3.8, 4) is 5.75 Å². The second-order valence-electron chi connectivity index (χ2n) is 5.97. The molecule has 1 aromatic carbocycles. The first-order valence-corrected chi connectivity index (χ1v) is 11.0. The lowest BCUT2D eigenvalue weighted by molar-refractivity contribution is -0.117. The molecule has 9 heteroatoms. The number of carbonyl (C=O) groups excluding carboxylic acids is 1. The summed E-state index contributed by atoms with van der Waals surface area (Å²) in [5, 5.41) is 5.90. The van der Waals surface area contributed by atoms with Crippen molar-refractivity contribution >= 4 is 33.4 Å². The molecule has 1 unspecified atom stereocenters. The van der Waals surface area contributed by atoms with Crippen LogP contribution in [-0.2, 0) is 14.8 Å². The van der Waals surface area contributed by atoms with Gasteiger partial charge in [0.25, 0.3) is 0 Å².